The van der Waals surface area contributed by atoms with Gasteiger partial charge in [-0.25, -0.2) is 0 Å². The number of carbonyl (C=O) groups is 1. The molecule has 0 radical (unpaired) electrons. The van der Waals surface area contributed by atoms with Gasteiger partial charge in [0.2, 0.25) is 5.91 Å². The summed E-state index contributed by atoms with van der Waals surface area (Å²) in [6.45, 7) is 2.03. The molecule has 0 bridgehead atoms. The van der Waals surface area contributed by atoms with E-state index in [-0.39, 0.29) is 5.91 Å². The molecule has 3 nitrogen and oxygen atoms in total. The molecule has 0 aliphatic carbocycles. The topological polar surface area (TPSA) is 42.0 Å². The summed E-state index contributed by atoms with van der Waals surface area (Å²) in [6.07, 6.45) is 5.10. The maximum absolute atomic E-state index is 12.1. The third kappa shape index (κ3) is 3.20. The molecule has 1 N–H and O–H groups in total. The van der Waals surface area contributed by atoms with Crippen molar-refractivity contribution in [1.82, 2.24) is 4.98 Å². The highest BCUT2D eigenvalue weighted by molar-refractivity contribution is 6.06. The van der Waals surface area contributed by atoms with Crippen LogP contribution in [0.3, 0.4) is 0 Å². The van der Waals surface area contributed by atoms with Crippen molar-refractivity contribution in [2.24, 2.45) is 0 Å². The summed E-state index contributed by atoms with van der Waals surface area (Å²) in [5, 5.41) is 3.84. The van der Waals surface area contributed by atoms with E-state index in [0.29, 0.717) is 0 Å². The number of nitrogens with one attached hydrogen (secondary N) is 1. The summed E-state index contributed by atoms with van der Waals surface area (Å²) < 4.78 is 0. The molecular weight excluding hydrogens is 272 g/mol. The summed E-state index contributed by atoms with van der Waals surface area (Å²) >= 11 is 0. The number of benzene rings is 2. The first-order chi connectivity index (χ1) is 10.7. The minimum absolute atomic E-state index is 0.155. The van der Waals surface area contributed by atoms with Gasteiger partial charge in [0, 0.05) is 17.7 Å². The molecule has 22 heavy (non-hydrogen) atoms. The lowest BCUT2D eigenvalue weighted by atomic mass is 10.1. The fraction of sp³-hybridized carbons (Fsp3) is 0.0526. The second-order valence-electron chi connectivity index (χ2n) is 5.11. The van der Waals surface area contributed by atoms with Crippen molar-refractivity contribution in [1.29, 1.82) is 0 Å². The molecular formula is C19H16N2O. The number of rotatable bonds is 3. The molecule has 0 saturated carbocycles. The van der Waals surface area contributed by atoms with Crippen LogP contribution in [-0.4, -0.2) is 10.9 Å². The molecule has 3 heteroatoms. The van der Waals surface area contributed by atoms with Crippen LogP contribution in [0.2, 0.25) is 0 Å². The lowest BCUT2D eigenvalue weighted by Gasteiger charge is -2.06. The van der Waals surface area contributed by atoms with E-state index in [1.165, 1.54) is 5.56 Å². The van der Waals surface area contributed by atoms with E-state index >= 15 is 0 Å². The number of nitrogens with zero attached hydrogens (tertiary/aromatic N) is 1. The van der Waals surface area contributed by atoms with Gasteiger partial charge in [-0.2, -0.15) is 0 Å². The maximum Gasteiger partial charge on any atom is 0.248 e. The van der Waals surface area contributed by atoms with E-state index in [1.807, 2.05) is 67.6 Å². The van der Waals surface area contributed by atoms with E-state index in [9.17, 15) is 4.79 Å². The number of hydrogen-bond acceptors (Lipinski definition) is 2. The van der Waals surface area contributed by atoms with Gasteiger partial charge < -0.3 is 5.32 Å². The Labute approximate surface area is 129 Å². The number of pyridine rings is 1. The first kappa shape index (κ1) is 14.0. The summed E-state index contributed by atoms with van der Waals surface area (Å²) in [5.41, 5.74) is 3.81. The molecule has 0 aliphatic rings. The number of fused-ring (bicyclic) bond motifs is 1. The average Bonchev–Trinajstić information content (AvgIpc) is 2.53. The zero-order chi connectivity index (χ0) is 15.4. The predicted molar refractivity (Wildman–Crippen MR) is 90.6 cm³/mol. The molecule has 0 unspecified atom stereocenters. The largest absolute Gasteiger partial charge is 0.322 e. The van der Waals surface area contributed by atoms with Crippen molar-refractivity contribution in [3.8, 4) is 0 Å². The average molecular weight is 288 g/mol. The predicted octanol–water partition coefficient (Wildman–Crippen LogP) is 4.20. The third-order valence-corrected chi connectivity index (χ3v) is 3.37. The van der Waals surface area contributed by atoms with Gasteiger partial charge in [-0.3, -0.25) is 9.78 Å². The van der Waals surface area contributed by atoms with Gasteiger partial charge in [0.25, 0.3) is 0 Å². The normalized spacial score (nSPS) is 11.0. The van der Waals surface area contributed by atoms with Gasteiger partial charge in [0.1, 0.15) is 0 Å². The van der Waals surface area contributed by atoms with Gasteiger partial charge in [-0.1, -0.05) is 35.9 Å². The zero-order valence-corrected chi connectivity index (χ0v) is 12.3. The molecule has 1 heterocycles. The molecule has 3 aromatic rings. The van der Waals surface area contributed by atoms with Gasteiger partial charge in [0.05, 0.1) is 11.2 Å². The second-order valence-corrected chi connectivity index (χ2v) is 5.11. The van der Waals surface area contributed by atoms with Crippen LogP contribution in [0.15, 0.2) is 66.9 Å². The highest BCUT2D eigenvalue weighted by atomic mass is 16.1. The van der Waals surface area contributed by atoms with E-state index in [2.05, 4.69) is 10.3 Å². The Morgan fingerprint density at radius 2 is 1.95 bits per heavy atom. The van der Waals surface area contributed by atoms with Crippen molar-refractivity contribution >= 4 is 28.6 Å². The monoisotopic (exact) mass is 288 g/mol. The van der Waals surface area contributed by atoms with Crippen LogP contribution in [0.1, 0.15) is 11.1 Å². The van der Waals surface area contributed by atoms with Crippen molar-refractivity contribution < 1.29 is 4.79 Å². The molecule has 1 amide bonds. The minimum Gasteiger partial charge on any atom is -0.322 e. The second kappa shape index (κ2) is 6.22. The Balaban J connectivity index is 1.79. The maximum atomic E-state index is 12.1. The minimum atomic E-state index is -0.155. The fourth-order valence-corrected chi connectivity index (χ4v) is 2.33. The zero-order valence-electron chi connectivity index (χ0n) is 12.3. The number of anilines is 1. The van der Waals surface area contributed by atoms with Crippen LogP contribution in [0.5, 0.6) is 0 Å². The highest BCUT2D eigenvalue weighted by Gasteiger charge is 2.03. The standard InChI is InChI=1S/C19H16N2O/c1-14-5-2-6-15(13-14)10-11-19(22)21-18-9-3-8-17-16(18)7-4-12-20-17/h2-13H,1H3,(H,21,22)/b11-10+. The molecule has 1 aromatic heterocycles. The molecule has 108 valence electrons. The van der Waals surface area contributed by atoms with Crippen molar-refractivity contribution in [2.45, 2.75) is 6.92 Å². The van der Waals surface area contributed by atoms with Crippen LogP contribution in [0.25, 0.3) is 17.0 Å². The van der Waals surface area contributed by atoms with Crippen molar-refractivity contribution in [3.05, 3.63) is 78.0 Å². The molecule has 0 spiro atoms. The van der Waals surface area contributed by atoms with Gasteiger partial charge in [-0.15, -0.1) is 0 Å². The molecule has 0 fully saturated rings. The van der Waals surface area contributed by atoms with Crippen molar-refractivity contribution in [3.63, 3.8) is 0 Å². The smallest absolute Gasteiger partial charge is 0.248 e. The summed E-state index contributed by atoms with van der Waals surface area (Å²) in [7, 11) is 0. The fourth-order valence-electron chi connectivity index (χ4n) is 2.33. The highest BCUT2D eigenvalue weighted by Crippen LogP contribution is 2.21. The molecule has 2 aromatic carbocycles. The van der Waals surface area contributed by atoms with Crippen LogP contribution in [0.4, 0.5) is 5.69 Å². The number of carbonyl (C=O) groups excluding carboxylic acids is 1. The first-order valence-corrected chi connectivity index (χ1v) is 7.12. The molecule has 3 rings (SSSR count). The lowest BCUT2D eigenvalue weighted by molar-refractivity contribution is -0.111. The summed E-state index contributed by atoms with van der Waals surface area (Å²) in [5.74, 6) is -0.155. The Bertz CT molecular complexity index is 847. The Hall–Kier alpha value is -2.94. The van der Waals surface area contributed by atoms with Crippen LogP contribution >= 0.6 is 0 Å². The molecule has 0 saturated heterocycles. The first-order valence-electron chi connectivity index (χ1n) is 7.12. The quantitative estimate of drug-likeness (QED) is 0.734. The SMILES string of the molecule is Cc1cccc(/C=C/C(=O)Nc2cccc3ncccc23)c1. The molecule has 0 aliphatic heterocycles. The van der Waals surface area contributed by atoms with Crippen LogP contribution < -0.4 is 5.32 Å². The van der Waals surface area contributed by atoms with Crippen molar-refractivity contribution in [2.75, 3.05) is 5.32 Å². The Morgan fingerprint density at radius 1 is 1.09 bits per heavy atom. The Kier molecular flexibility index (Phi) is 3.97. The van der Waals surface area contributed by atoms with Crippen LogP contribution in [0, 0.1) is 6.92 Å². The van der Waals surface area contributed by atoms with E-state index in [1.54, 1.807) is 12.3 Å². The van der Waals surface area contributed by atoms with Crippen LogP contribution in [-0.2, 0) is 4.79 Å². The van der Waals surface area contributed by atoms with Gasteiger partial charge in [-0.05, 0) is 42.8 Å². The number of aryl methyl sites for hydroxylation is 1. The van der Waals surface area contributed by atoms with E-state index in [4.69, 9.17) is 0 Å². The summed E-state index contributed by atoms with van der Waals surface area (Å²) in [4.78, 5) is 16.4. The van der Waals surface area contributed by atoms with Gasteiger partial charge >= 0.3 is 0 Å². The number of aromatic nitrogens is 1. The lowest BCUT2D eigenvalue weighted by Crippen LogP contribution is -2.08. The number of amides is 1. The van der Waals surface area contributed by atoms with E-state index < -0.39 is 0 Å². The van der Waals surface area contributed by atoms with E-state index in [0.717, 1.165) is 22.2 Å². The third-order valence-electron chi connectivity index (χ3n) is 3.37. The van der Waals surface area contributed by atoms with Gasteiger partial charge in [0.15, 0.2) is 0 Å². The Morgan fingerprint density at radius 3 is 2.82 bits per heavy atom. The number of hydrogen-bond donors (Lipinski definition) is 1. The summed E-state index contributed by atoms with van der Waals surface area (Å²) in [6, 6.07) is 17.5. The molecule has 0 atom stereocenters.